The van der Waals surface area contributed by atoms with Crippen LogP contribution in [-0.4, -0.2) is 17.0 Å². The first-order valence-electron chi connectivity index (χ1n) is 3.24. The van der Waals surface area contributed by atoms with Crippen LogP contribution in [0.4, 0.5) is 5.82 Å². The summed E-state index contributed by atoms with van der Waals surface area (Å²) in [4.78, 5) is 7.20. The highest BCUT2D eigenvalue weighted by Crippen LogP contribution is 2.35. The zero-order valence-electron chi connectivity index (χ0n) is 5.83. The molecule has 1 unspecified atom stereocenters. The van der Waals surface area contributed by atoms with Gasteiger partial charge in [-0.05, 0) is 6.07 Å². The van der Waals surface area contributed by atoms with Crippen LogP contribution in [0.2, 0.25) is 0 Å². The average molecular weight is 389 g/mol. The van der Waals surface area contributed by atoms with Gasteiger partial charge in [-0.25, -0.2) is 4.99 Å². The molecule has 2 rings (SSSR count). The first-order valence-corrected chi connectivity index (χ1v) is 5.29. The number of rotatable bonds is 0. The van der Waals surface area contributed by atoms with Crippen LogP contribution in [0.5, 0.6) is 0 Å². The Bertz CT molecular complexity index is 335. The number of nitrogens with one attached hydrogen (secondary N) is 1. The van der Waals surface area contributed by atoms with Crippen molar-refractivity contribution in [3.05, 3.63) is 17.8 Å². The number of nitrogens with zero attached hydrogens (tertiary/aromatic N) is 2. The number of amidine groups is 1. The molecular formula is C6H5I2N3O. The third-order valence-corrected chi connectivity index (χ3v) is 4.30. The molecule has 1 aromatic rings. The number of hydrogen-bond acceptors (Lipinski definition) is 3. The van der Waals surface area contributed by atoms with Crippen molar-refractivity contribution in [2.24, 2.45) is 4.99 Å². The van der Waals surface area contributed by atoms with E-state index in [0.29, 0.717) is 0 Å². The topological polar surface area (TPSA) is 51.6 Å². The SMILES string of the molecule is OC1c2cc[nH]c2N=C(I)N1I. The van der Waals surface area contributed by atoms with Gasteiger partial charge < -0.3 is 10.1 Å². The first-order chi connectivity index (χ1) is 5.70. The van der Waals surface area contributed by atoms with Gasteiger partial charge >= 0.3 is 0 Å². The largest absolute Gasteiger partial charge is 0.368 e. The van der Waals surface area contributed by atoms with Crippen molar-refractivity contribution in [1.82, 2.24) is 8.10 Å². The minimum absolute atomic E-state index is 0.587. The van der Waals surface area contributed by atoms with Crippen LogP contribution in [0.25, 0.3) is 0 Å². The number of H-pyrrole nitrogens is 1. The second-order valence-electron chi connectivity index (χ2n) is 2.35. The van der Waals surface area contributed by atoms with Crippen molar-refractivity contribution in [3.63, 3.8) is 0 Å². The number of aliphatic hydroxyl groups excluding tert-OH is 1. The lowest BCUT2D eigenvalue weighted by Gasteiger charge is -2.24. The summed E-state index contributed by atoms with van der Waals surface area (Å²) < 4.78 is 2.46. The molecule has 6 heteroatoms. The standard InChI is InChI=1S/C6H5I2N3O/c7-6-10-4-3(1-2-9-4)5(12)11(6)8/h1-2,5,9,12H. The van der Waals surface area contributed by atoms with E-state index < -0.39 is 6.23 Å². The first kappa shape index (κ1) is 8.75. The highest BCUT2D eigenvalue weighted by atomic mass is 127. The van der Waals surface area contributed by atoms with Crippen LogP contribution in [0.3, 0.4) is 0 Å². The van der Waals surface area contributed by atoms with Gasteiger partial charge in [-0.15, -0.1) is 0 Å². The minimum Gasteiger partial charge on any atom is -0.368 e. The van der Waals surface area contributed by atoms with E-state index in [-0.39, 0.29) is 0 Å². The van der Waals surface area contributed by atoms with E-state index in [1.165, 1.54) is 0 Å². The summed E-state index contributed by atoms with van der Waals surface area (Å²) in [5, 5.41) is 9.70. The molecule has 0 aromatic carbocycles. The van der Waals surface area contributed by atoms with Crippen molar-refractivity contribution in [3.8, 4) is 0 Å². The Labute approximate surface area is 96.7 Å². The molecule has 2 heterocycles. The van der Waals surface area contributed by atoms with Gasteiger partial charge in [-0.2, -0.15) is 0 Å². The molecule has 0 spiro atoms. The molecular weight excluding hydrogens is 384 g/mol. The summed E-state index contributed by atoms with van der Waals surface area (Å²) in [6, 6.07) is 1.83. The molecule has 4 nitrogen and oxygen atoms in total. The van der Waals surface area contributed by atoms with Crippen LogP contribution < -0.4 is 0 Å². The number of hydrogen-bond donors (Lipinski definition) is 2. The maximum absolute atomic E-state index is 9.70. The highest BCUT2D eigenvalue weighted by Gasteiger charge is 2.25. The number of aliphatic imine (C=N–C) groups is 1. The van der Waals surface area contributed by atoms with Gasteiger partial charge in [-0.1, -0.05) is 0 Å². The summed E-state index contributed by atoms with van der Waals surface area (Å²) >= 11 is 4.12. The van der Waals surface area contributed by atoms with Crippen LogP contribution in [0.1, 0.15) is 11.8 Å². The fourth-order valence-electron chi connectivity index (χ4n) is 1.04. The minimum atomic E-state index is -0.587. The number of fused-ring (bicyclic) bond motifs is 1. The van der Waals surface area contributed by atoms with Gasteiger partial charge in [0.05, 0.1) is 22.9 Å². The van der Waals surface area contributed by atoms with E-state index in [2.05, 4.69) is 32.6 Å². The van der Waals surface area contributed by atoms with Gasteiger partial charge in [0.2, 0.25) is 0 Å². The van der Waals surface area contributed by atoms with Crippen molar-refractivity contribution >= 4 is 55.1 Å². The number of aliphatic hydroxyl groups is 1. The Morgan fingerprint density at radius 1 is 1.67 bits per heavy atom. The van der Waals surface area contributed by atoms with Gasteiger partial charge in [0.25, 0.3) is 0 Å². The van der Waals surface area contributed by atoms with Gasteiger partial charge in [0.15, 0.2) is 10.1 Å². The summed E-state index contributed by atoms with van der Waals surface area (Å²) in [6.07, 6.45) is 1.19. The summed E-state index contributed by atoms with van der Waals surface area (Å²) in [6.45, 7) is 0. The maximum atomic E-state index is 9.70. The molecule has 0 saturated heterocycles. The molecule has 0 radical (unpaired) electrons. The maximum Gasteiger partial charge on any atom is 0.180 e. The Morgan fingerprint density at radius 3 is 3.17 bits per heavy atom. The van der Waals surface area contributed by atoms with Gasteiger partial charge in [0, 0.05) is 34.4 Å². The molecule has 2 N–H and O–H groups in total. The molecule has 1 aliphatic rings. The van der Waals surface area contributed by atoms with Gasteiger partial charge in [-0.3, -0.25) is 3.11 Å². The molecule has 0 saturated carbocycles. The van der Waals surface area contributed by atoms with Crippen LogP contribution in [-0.2, 0) is 0 Å². The lowest BCUT2D eigenvalue weighted by atomic mass is 10.2. The van der Waals surface area contributed by atoms with E-state index in [0.717, 1.165) is 15.2 Å². The Kier molecular flexibility index (Phi) is 2.29. The normalized spacial score (nSPS) is 22.1. The van der Waals surface area contributed by atoms with Crippen molar-refractivity contribution in [1.29, 1.82) is 0 Å². The number of halogens is 2. The molecule has 1 aromatic heterocycles. The van der Waals surface area contributed by atoms with Crippen molar-refractivity contribution in [2.45, 2.75) is 6.23 Å². The summed E-state index contributed by atoms with van der Waals surface area (Å²) in [7, 11) is 0. The molecule has 0 fully saturated rings. The Hall–Kier alpha value is 0.170. The highest BCUT2D eigenvalue weighted by molar-refractivity contribution is 14.1. The van der Waals surface area contributed by atoms with Crippen molar-refractivity contribution < 1.29 is 5.11 Å². The molecule has 12 heavy (non-hydrogen) atoms. The van der Waals surface area contributed by atoms with E-state index in [1.54, 1.807) is 9.31 Å². The predicted octanol–water partition coefficient (Wildman–Crippen LogP) is 2.09. The van der Waals surface area contributed by atoms with Crippen LogP contribution >= 0.6 is 45.5 Å². The molecule has 1 aliphatic heterocycles. The number of aromatic amines is 1. The monoisotopic (exact) mass is 389 g/mol. The smallest absolute Gasteiger partial charge is 0.180 e. The Balaban J connectivity index is 2.53. The quantitative estimate of drug-likeness (QED) is 0.406. The lowest BCUT2D eigenvalue weighted by Crippen LogP contribution is -2.24. The third kappa shape index (κ3) is 1.25. The van der Waals surface area contributed by atoms with Gasteiger partial charge in [0.1, 0.15) is 5.82 Å². The van der Waals surface area contributed by atoms with Crippen LogP contribution in [0, 0.1) is 0 Å². The fourth-order valence-corrected chi connectivity index (χ4v) is 1.95. The molecule has 0 amide bonds. The Morgan fingerprint density at radius 2 is 2.42 bits per heavy atom. The molecule has 0 aliphatic carbocycles. The summed E-state index contributed by atoms with van der Waals surface area (Å²) in [5.74, 6) is 0.750. The van der Waals surface area contributed by atoms with E-state index in [1.807, 2.05) is 28.9 Å². The second-order valence-corrected chi connectivity index (χ2v) is 4.35. The molecule has 1 atom stereocenters. The van der Waals surface area contributed by atoms with Crippen LogP contribution in [0.15, 0.2) is 17.3 Å². The van der Waals surface area contributed by atoms with E-state index in [4.69, 9.17) is 0 Å². The van der Waals surface area contributed by atoms with E-state index >= 15 is 0 Å². The van der Waals surface area contributed by atoms with Crippen molar-refractivity contribution in [2.75, 3.05) is 0 Å². The van der Waals surface area contributed by atoms with E-state index in [9.17, 15) is 5.11 Å². The fraction of sp³-hybridized carbons (Fsp3) is 0.167. The zero-order valence-corrected chi connectivity index (χ0v) is 10.1. The summed E-state index contributed by atoms with van der Waals surface area (Å²) in [5.41, 5.74) is 0.824. The second kappa shape index (κ2) is 3.14. The average Bonchev–Trinajstić information content (AvgIpc) is 2.48. The number of aromatic nitrogens is 1. The lowest BCUT2D eigenvalue weighted by molar-refractivity contribution is 0.120. The zero-order chi connectivity index (χ0) is 8.72. The third-order valence-electron chi connectivity index (χ3n) is 1.63. The molecule has 0 bridgehead atoms. The predicted molar refractivity (Wildman–Crippen MR) is 62.7 cm³/mol. The molecule has 64 valence electrons.